The Morgan fingerprint density at radius 3 is 2.74 bits per heavy atom. The lowest BCUT2D eigenvalue weighted by Crippen LogP contribution is -2.21. The summed E-state index contributed by atoms with van der Waals surface area (Å²) in [4.78, 5) is 2.22. The highest BCUT2D eigenvalue weighted by molar-refractivity contribution is 6.31. The van der Waals surface area contributed by atoms with Gasteiger partial charge in [-0.1, -0.05) is 17.7 Å². The van der Waals surface area contributed by atoms with Crippen LogP contribution in [-0.4, -0.2) is 13.1 Å². The van der Waals surface area contributed by atoms with Crippen molar-refractivity contribution in [3.8, 4) is 0 Å². The van der Waals surface area contributed by atoms with E-state index in [0.717, 1.165) is 41.5 Å². The van der Waals surface area contributed by atoms with E-state index in [4.69, 9.17) is 21.8 Å². The minimum atomic E-state index is 0.614. The fourth-order valence-electron chi connectivity index (χ4n) is 2.07. The van der Waals surface area contributed by atoms with Gasteiger partial charge in [0, 0.05) is 17.3 Å². The van der Waals surface area contributed by atoms with Crippen LogP contribution in [0, 0.1) is 0 Å². The summed E-state index contributed by atoms with van der Waals surface area (Å²) in [5.41, 5.74) is 7.76. The summed E-state index contributed by atoms with van der Waals surface area (Å²) in [6, 6.07) is 10.0. The van der Waals surface area contributed by atoms with E-state index < -0.39 is 0 Å². The second-order valence-corrected chi connectivity index (χ2v) is 4.82. The molecule has 102 valence electrons. The average molecular weight is 279 g/mol. The smallest absolute Gasteiger partial charge is 0.123 e. The Labute approximate surface area is 119 Å². The molecule has 0 fully saturated rings. The van der Waals surface area contributed by atoms with Gasteiger partial charge in [-0.2, -0.15) is 0 Å². The zero-order valence-corrected chi connectivity index (χ0v) is 11.9. The number of anilines is 1. The number of furan rings is 1. The molecular weight excluding hydrogens is 260 g/mol. The van der Waals surface area contributed by atoms with E-state index in [1.807, 2.05) is 18.2 Å². The maximum atomic E-state index is 6.29. The summed E-state index contributed by atoms with van der Waals surface area (Å²) < 4.78 is 5.39. The summed E-state index contributed by atoms with van der Waals surface area (Å²) in [7, 11) is 0. The molecule has 4 heteroatoms. The summed E-state index contributed by atoms with van der Waals surface area (Å²) in [6.07, 6.45) is 2.50. The van der Waals surface area contributed by atoms with Gasteiger partial charge in [-0.05, 0) is 49.7 Å². The SMILES string of the molecule is CCN(Cc1ccco1)c1ccc(CCN)c(Cl)c1. The van der Waals surface area contributed by atoms with Gasteiger partial charge in [0.25, 0.3) is 0 Å². The zero-order valence-electron chi connectivity index (χ0n) is 11.1. The lowest BCUT2D eigenvalue weighted by atomic mass is 10.1. The molecule has 1 aromatic carbocycles. The van der Waals surface area contributed by atoms with E-state index in [0.29, 0.717) is 6.54 Å². The van der Waals surface area contributed by atoms with Crippen molar-refractivity contribution >= 4 is 17.3 Å². The number of hydrogen-bond acceptors (Lipinski definition) is 3. The van der Waals surface area contributed by atoms with Crippen molar-refractivity contribution in [2.45, 2.75) is 19.9 Å². The zero-order chi connectivity index (χ0) is 13.7. The first-order valence-corrected chi connectivity index (χ1v) is 6.88. The van der Waals surface area contributed by atoms with Gasteiger partial charge < -0.3 is 15.1 Å². The van der Waals surface area contributed by atoms with Crippen LogP contribution in [0.1, 0.15) is 18.2 Å². The molecule has 0 spiro atoms. The third-order valence-corrected chi connectivity index (χ3v) is 3.48. The molecule has 0 aliphatic carbocycles. The van der Waals surface area contributed by atoms with Crippen LogP contribution in [0.2, 0.25) is 5.02 Å². The molecule has 0 radical (unpaired) electrons. The second kappa shape index (κ2) is 6.64. The normalized spacial score (nSPS) is 10.7. The number of halogens is 1. The van der Waals surface area contributed by atoms with Crippen LogP contribution in [0.4, 0.5) is 5.69 Å². The molecular formula is C15H19ClN2O. The lowest BCUT2D eigenvalue weighted by Gasteiger charge is -2.22. The van der Waals surface area contributed by atoms with Gasteiger partial charge in [0.05, 0.1) is 12.8 Å². The highest BCUT2D eigenvalue weighted by Crippen LogP contribution is 2.25. The first kappa shape index (κ1) is 14.0. The van der Waals surface area contributed by atoms with E-state index in [1.54, 1.807) is 6.26 Å². The topological polar surface area (TPSA) is 42.4 Å². The van der Waals surface area contributed by atoms with E-state index in [-0.39, 0.29) is 0 Å². The van der Waals surface area contributed by atoms with Crippen LogP contribution >= 0.6 is 11.6 Å². The van der Waals surface area contributed by atoms with Gasteiger partial charge >= 0.3 is 0 Å². The van der Waals surface area contributed by atoms with Crippen molar-refractivity contribution in [2.75, 3.05) is 18.0 Å². The van der Waals surface area contributed by atoms with Crippen LogP contribution in [0.3, 0.4) is 0 Å². The van der Waals surface area contributed by atoms with Crippen molar-refractivity contribution in [2.24, 2.45) is 5.73 Å². The van der Waals surface area contributed by atoms with Crippen molar-refractivity contribution in [1.82, 2.24) is 0 Å². The first-order chi connectivity index (χ1) is 9.24. The molecule has 1 heterocycles. The molecule has 0 bridgehead atoms. The van der Waals surface area contributed by atoms with Gasteiger partial charge in [-0.3, -0.25) is 0 Å². The quantitative estimate of drug-likeness (QED) is 0.880. The third-order valence-electron chi connectivity index (χ3n) is 3.12. The predicted octanol–water partition coefficient (Wildman–Crippen LogP) is 3.46. The van der Waals surface area contributed by atoms with Crippen LogP contribution < -0.4 is 10.6 Å². The maximum absolute atomic E-state index is 6.29. The highest BCUT2D eigenvalue weighted by Gasteiger charge is 2.09. The van der Waals surface area contributed by atoms with Gasteiger partial charge in [0.1, 0.15) is 5.76 Å². The molecule has 19 heavy (non-hydrogen) atoms. The van der Waals surface area contributed by atoms with Crippen molar-refractivity contribution in [3.05, 3.63) is 52.9 Å². The molecule has 2 N–H and O–H groups in total. The summed E-state index contributed by atoms with van der Waals surface area (Å²) >= 11 is 6.29. The molecule has 3 nitrogen and oxygen atoms in total. The molecule has 2 rings (SSSR count). The molecule has 0 aliphatic heterocycles. The molecule has 1 aromatic heterocycles. The number of hydrogen-bond donors (Lipinski definition) is 1. The molecule has 0 unspecified atom stereocenters. The molecule has 0 saturated carbocycles. The Kier molecular flexibility index (Phi) is 4.88. The Hall–Kier alpha value is -1.45. The number of nitrogens with two attached hydrogens (primary N) is 1. The Morgan fingerprint density at radius 2 is 2.16 bits per heavy atom. The maximum Gasteiger partial charge on any atom is 0.123 e. The van der Waals surface area contributed by atoms with Crippen LogP contribution in [-0.2, 0) is 13.0 Å². The first-order valence-electron chi connectivity index (χ1n) is 6.50. The minimum absolute atomic E-state index is 0.614. The summed E-state index contributed by atoms with van der Waals surface area (Å²) in [5.74, 6) is 0.948. The average Bonchev–Trinajstić information content (AvgIpc) is 2.91. The monoisotopic (exact) mass is 278 g/mol. The predicted molar refractivity (Wildman–Crippen MR) is 79.6 cm³/mol. The minimum Gasteiger partial charge on any atom is -0.467 e. The van der Waals surface area contributed by atoms with Gasteiger partial charge in [0.2, 0.25) is 0 Å². The Balaban J connectivity index is 2.16. The molecule has 0 amide bonds. The van der Waals surface area contributed by atoms with Gasteiger partial charge in [-0.15, -0.1) is 0 Å². The number of benzene rings is 1. The Bertz CT molecular complexity index is 511. The largest absolute Gasteiger partial charge is 0.467 e. The van der Waals surface area contributed by atoms with Crippen LogP contribution in [0.15, 0.2) is 41.0 Å². The fourth-order valence-corrected chi connectivity index (χ4v) is 2.34. The van der Waals surface area contributed by atoms with E-state index >= 15 is 0 Å². The molecule has 0 atom stereocenters. The fraction of sp³-hybridized carbons (Fsp3) is 0.333. The Morgan fingerprint density at radius 1 is 1.32 bits per heavy atom. The molecule has 0 saturated heterocycles. The highest BCUT2D eigenvalue weighted by atomic mass is 35.5. The van der Waals surface area contributed by atoms with Crippen molar-refractivity contribution in [3.63, 3.8) is 0 Å². The van der Waals surface area contributed by atoms with Crippen LogP contribution in [0.25, 0.3) is 0 Å². The van der Waals surface area contributed by atoms with E-state index in [9.17, 15) is 0 Å². The van der Waals surface area contributed by atoms with Crippen molar-refractivity contribution < 1.29 is 4.42 Å². The summed E-state index contributed by atoms with van der Waals surface area (Å²) in [5, 5.41) is 0.779. The van der Waals surface area contributed by atoms with Crippen LogP contribution in [0.5, 0.6) is 0 Å². The molecule has 0 aliphatic rings. The van der Waals surface area contributed by atoms with E-state index in [1.165, 1.54) is 0 Å². The standard InChI is InChI=1S/C15H19ClN2O/c1-2-18(11-14-4-3-9-19-14)13-6-5-12(7-8-17)15(16)10-13/h3-6,9-10H,2,7-8,11,17H2,1H3. The lowest BCUT2D eigenvalue weighted by molar-refractivity contribution is 0.503. The number of rotatable bonds is 6. The van der Waals surface area contributed by atoms with Gasteiger partial charge in [0.15, 0.2) is 0 Å². The molecule has 2 aromatic rings. The van der Waals surface area contributed by atoms with Gasteiger partial charge in [-0.25, -0.2) is 0 Å². The summed E-state index contributed by atoms with van der Waals surface area (Å²) in [6.45, 7) is 4.37. The number of nitrogens with zero attached hydrogens (tertiary/aromatic N) is 1. The third kappa shape index (κ3) is 3.52. The van der Waals surface area contributed by atoms with Crippen molar-refractivity contribution in [1.29, 1.82) is 0 Å². The second-order valence-electron chi connectivity index (χ2n) is 4.41. The van der Waals surface area contributed by atoms with E-state index in [2.05, 4.69) is 24.0 Å².